The number of hydrogen-bond acceptors (Lipinski definition) is 6. The van der Waals surface area contributed by atoms with Gasteiger partial charge in [-0.25, -0.2) is 4.39 Å². The number of allylic oxidation sites excluding steroid dienone is 1. The van der Waals surface area contributed by atoms with Crippen LogP contribution >= 0.6 is 0 Å². The third-order valence-corrected chi connectivity index (χ3v) is 5.28. The summed E-state index contributed by atoms with van der Waals surface area (Å²) in [6.45, 7) is 1.57. The second-order valence-corrected chi connectivity index (χ2v) is 7.37. The van der Waals surface area contributed by atoms with Crippen molar-refractivity contribution < 1.29 is 22.4 Å². The number of anilines is 2. The molecule has 0 saturated heterocycles. The van der Waals surface area contributed by atoms with Crippen LogP contribution in [0.25, 0.3) is 10.9 Å². The number of rotatable bonds is 3. The third kappa shape index (κ3) is 3.56. The Hall–Kier alpha value is -4.29. The molecule has 1 amide bonds. The molecule has 0 radical (unpaired) electrons. The standard InChI is InChI=1S/C20H14F4N8O/c1-9-16(18(33)27-12-3-5-15-10(6-12)8-25-28-15)17(32-19(26-9)29-30-31-32)13-4-2-11(7-14(13)21)20(22,23)24/h2-8,17H,1H3,(H,25,28)(H,27,33)(H,26,29,31). The summed E-state index contributed by atoms with van der Waals surface area (Å²) in [5.74, 6) is -1.63. The van der Waals surface area contributed by atoms with Gasteiger partial charge in [0.1, 0.15) is 11.9 Å². The van der Waals surface area contributed by atoms with E-state index in [2.05, 4.69) is 36.4 Å². The number of carbonyl (C=O) groups is 1. The van der Waals surface area contributed by atoms with Crippen LogP contribution in [0.2, 0.25) is 0 Å². The first-order valence-corrected chi connectivity index (χ1v) is 9.59. The summed E-state index contributed by atoms with van der Waals surface area (Å²) in [7, 11) is 0. The van der Waals surface area contributed by atoms with Gasteiger partial charge in [0.15, 0.2) is 0 Å². The zero-order chi connectivity index (χ0) is 23.3. The number of benzene rings is 2. The monoisotopic (exact) mass is 458 g/mol. The molecule has 1 aliphatic rings. The van der Waals surface area contributed by atoms with Crippen LogP contribution in [0, 0.1) is 5.82 Å². The second-order valence-electron chi connectivity index (χ2n) is 7.37. The van der Waals surface area contributed by atoms with Crippen LogP contribution in [0.15, 0.2) is 53.9 Å². The van der Waals surface area contributed by atoms with E-state index in [4.69, 9.17) is 0 Å². The first-order valence-electron chi connectivity index (χ1n) is 9.59. The Balaban J connectivity index is 1.56. The Labute approximate surface area is 182 Å². The zero-order valence-corrected chi connectivity index (χ0v) is 16.8. The van der Waals surface area contributed by atoms with Crippen molar-refractivity contribution in [3.05, 3.63) is 70.8 Å². The molecule has 1 aliphatic heterocycles. The Morgan fingerprint density at radius 1 is 1.18 bits per heavy atom. The number of tetrazole rings is 1. The van der Waals surface area contributed by atoms with E-state index in [-0.39, 0.29) is 17.1 Å². The van der Waals surface area contributed by atoms with Crippen LogP contribution in [0.3, 0.4) is 0 Å². The SMILES string of the molecule is CC1=C(C(=O)Nc2ccc3[nH]ncc3c2)C(c2ccc(C(F)(F)F)cc2F)n2nnnc2N1. The Morgan fingerprint density at radius 3 is 2.76 bits per heavy atom. The molecule has 13 heteroatoms. The lowest BCUT2D eigenvalue weighted by atomic mass is 9.93. The maximum absolute atomic E-state index is 14.9. The minimum absolute atomic E-state index is 0.0424. The molecule has 0 bridgehead atoms. The van der Waals surface area contributed by atoms with E-state index in [9.17, 15) is 22.4 Å². The smallest absolute Gasteiger partial charge is 0.326 e. The molecule has 5 rings (SSSR count). The number of amides is 1. The van der Waals surface area contributed by atoms with Gasteiger partial charge in [0.05, 0.1) is 22.9 Å². The van der Waals surface area contributed by atoms with Gasteiger partial charge < -0.3 is 10.6 Å². The van der Waals surface area contributed by atoms with Crippen molar-refractivity contribution in [1.82, 2.24) is 30.4 Å². The van der Waals surface area contributed by atoms with Crippen molar-refractivity contribution in [2.45, 2.75) is 19.1 Å². The summed E-state index contributed by atoms with van der Waals surface area (Å²) in [6, 6.07) is 6.00. The van der Waals surface area contributed by atoms with Crippen LogP contribution in [0.5, 0.6) is 0 Å². The van der Waals surface area contributed by atoms with E-state index < -0.39 is 29.5 Å². The average molecular weight is 458 g/mol. The molecule has 33 heavy (non-hydrogen) atoms. The number of aromatic amines is 1. The van der Waals surface area contributed by atoms with E-state index in [1.807, 2.05) is 0 Å². The lowest BCUT2D eigenvalue weighted by molar-refractivity contribution is -0.137. The van der Waals surface area contributed by atoms with Gasteiger partial charge in [-0.1, -0.05) is 11.2 Å². The average Bonchev–Trinajstić information content (AvgIpc) is 3.40. The Morgan fingerprint density at radius 2 is 2.00 bits per heavy atom. The van der Waals surface area contributed by atoms with E-state index in [1.54, 1.807) is 31.3 Å². The van der Waals surface area contributed by atoms with E-state index >= 15 is 0 Å². The number of nitrogens with zero attached hydrogens (tertiary/aromatic N) is 5. The molecular formula is C20H14F4N8O. The predicted octanol–water partition coefficient (Wildman–Crippen LogP) is 3.63. The number of halogens is 4. The Kier molecular flexibility index (Phi) is 4.62. The Bertz CT molecular complexity index is 1420. The minimum Gasteiger partial charge on any atom is -0.326 e. The number of hydrogen-bond donors (Lipinski definition) is 3. The largest absolute Gasteiger partial charge is 0.416 e. The van der Waals surface area contributed by atoms with Crippen molar-refractivity contribution in [1.29, 1.82) is 0 Å². The van der Waals surface area contributed by atoms with Crippen LogP contribution in [-0.2, 0) is 11.0 Å². The first kappa shape index (κ1) is 20.6. The van der Waals surface area contributed by atoms with E-state index in [0.717, 1.165) is 27.7 Å². The van der Waals surface area contributed by atoms with E-state index in [1.165, 1.54) is 0 Å². The number of nitrogens with one attached hydrogen (secondary N) is 3. The summed E-state index contributed by atoms with van der Waals surface area (Å²) >= 11 is 0. The fraction of sp³-hybridized carbons (Fsp3) is 0.150. The van der Waals surface area contributed by atoms with Crippen molar-refractivity contribution in [3.8, 4) is 0 Å². The number of H-pyrrole nitrogens is 1. The highest BCUT2D eigenvalue weighted by atomic mass is 19.4. The molecule has 168 valence electrons. The van der Waals surface area contributed by atoms with Crippen LogP contribution < -0.4 is 10.6 Å². The third-order valence-electron chi connectivity index (χ3n) is 5.28. The van der Waals surface area contributed by atoms with Crippen molar-refractivity contribution in [3.63, 3.8) is 0 Å². The lowest BCUT2D eigenvalue weighted by Crippen LogP contribution is -2.32. The summed E-state index contributed by atoms with van der Waals surface area (Å²) in [6.07, 6.45) is -3.13. The zero-order valence-electron chi connectivity index (χ0n) is 16.8. The van der Waals surface area contributed by atoms with Crippen molar-refractivity contribution in [2.75, 3.05) is 10.6 Å². The number of carbonyl (C=O) groups excluding carboxylic acids is 1. The van der Waals surface area contributed by atoms with Crippen molar-refractivity contribution in [2.24, 2.45) is 0 Å². The van der Waals surface area contributed by atoms with Gasteiger partial charge in [0.2, 0.25) is 5.95 Å². The molecule has 1 atom stereocenters. The number of alkyl halides is 3. The fourth-order valence-corrected chi connectivity index (χ4v) is 3.74. The molecule has 9 nitrogen and oxygen atoms in total. The molecule has 2 aromatic carbocycles. The van der Waals surface area contributed by atoms with Gasteiger partial charge in [-0.05, 0) is 47.7 Å². The summed E-state index contributed by atoms with van der Waals surface area (Å²) < 4.78 is 55.2. The van der Waals surface area contributed by atoms with Gasteiger partial charge in [-0.2, -0.15) is 23.0 Å². The maximum Gasteiger partial charge on any atom is 0.416 e. The van der Waals surface area contributed by atoms with Crippen LogP contribution in [-0.4, -0.2) is 36.3 Å². The van der Waals surface area contributed by atoms with Gasteiger partial charge >= 0.3 is 6.18 Å². The number of aromatic nitrogens is 6. The molecule has 0 saturated carbocycles. The topological polar surface area (TPSA) is 113 Å². The van der Waals surface area contributed by atoms with Crippen LogP contribution in [0.1, 0.15) is 24.1 Å². The number of fused-ring (bicyclic) bond motifs is 2. The molecule has 3 N–H and O–H groups in total. The van der Waals surface area contributed by atoms with Crippen LogP contribution in [0.4, 0.5) is 29.2 Å². The summed E-state index contributed by atoms with van der Waals surface area (Å²) in [4.78, 5) is 13.3. The van der Waals surface area contributed by atoms with E-state index in [0.29, 0.717) is 17.5 Å². The maximum atomic E-state index is 14.9. The first-order chi connectivity index (χ1) is 15.7. The van der Waals surface area contributed by atoms with Crippen molar-refractivity contribution >= 4 is 28.4 Å². The fourth-order valence-electron chi connectivity index (χ4n) is 3.74. The quantitative estimate of drug-likeness (QED) is 0.404. The predicted molar refractivity (Wildman–Crippen MR) is 108 cm³/mol. The molecule has 1 unspecified atom stereocenters. The molecule has 0 spiro atoms. The van der Waals surface area contributed by atoms with Gasteiger partial charge in [0.25, 0.3) is 5.91 Å². The molecule has 4 aromatic rings. The normalized spacial score (nSPS) is 16.0. The molecular weight excluding hydrogens is 444 g/mol. The molecule has 0 aliphatic carbocycles. The molecule has 3 heterocycles. The molecule has 0 fully saturated rings. The second kappa shape index (κ2) is 7.39. The van der Waals surface area contributed by atoms with Gasteiger partial charge in [-0.15, -0.1) is 0 Å². The minimum atomic E-state index is -4.72. The molecule has 2 aromatic heterocycles. The van der Waals surface area contributed by atoms with Gasteiger partial charge in [-0.3, -0.25) is 9.89 Å². The summed E-state index contributed by atoms with van der Waals surface area (Å²) in [5, 5.41) is 24.2. The highest BCUT2D eigenvalue weighted by Gasteiger charge is 2.37. The highest BCUT2D eigenvalue weighted by molar-refractivity contribution is 6.06. The lowest BCUT2D eigenvalue weighted by Gasteiger charge is -2.28. The highest BCUT2D eigenvalue weighted by Crippen LogP contribution is 2.38. The van der Waals surface area contributed by atoms with Gasteiger partial charge in [0, 0.05) is 22.3 Å². The summed E-state index contributed by atoms with van der Waals surface area (Å²) in [5.41, 5.74) is 0.251.